The SMILES string of the molecule is CC(C)(C)OCC(O)CN(Cc1ccsc1)C1CC1. The molecular formula is C15H25NO2S. The minimum atomic E-state index is -0.404. The molecule has 0 spiro atoms. The van der Waals surface area contributed by atoms with Crippen LogP contribution in [-0.2, 0) is 11.3 Å². The highest BCUT2D eigenvalue weighted by Crippen LogP contribution is 2.28. The molecular weight excluding hydrogens is 258 g/mol. The summed E-state index contributed by atoms with van der Waals surface area (Å²) in [4.78, 5) is 2.39. The van der Waals surface area contributed by atoms with Crippen LogP contribution >= 0.6 is 11.3 Å². The minimum absolute atomic E-state index is 0.182. The van der Waals surface area contributed by atoms with Crippen molar-refractivity contribution in [3.05, 3.63) is 22.4 Å². The van der Waals surface area contributed by atoms with Gasteiger partial charge in [0.2, 0.25) is 0 Å². The molecule has 0 saturated heterocycles. The Bertz CT molecular complexity index is 368. The van der Waals surface area contributed by atoms with Gasteiger partial charge in [-0.2, -0.15) is 11.3 Å². The Labute approximate surface area is 120 Å². The van der Waals surface area contributed by atoms with Gasteiger partial charge in [-0.15, -0.1) is 0 Å². The summed E-state index contributed by atoms with van der Waals surface area (Å²) in [5.74, 6) is 0. The van der Waals surface area contributed by atoms with Crippen LogP contribution in [0, 0.1) is 0 Å². The van der Waals surface area contributed by atoms with Crippen molar-refractivity contribution in [2.24, 2.45) is 0 Å². The molecule has 1 unspecified atom stereocenters. The first-order valence-corrected chi connectivity index (χ1v) is 7.95. The Morgan fingerprint density at radius 3 is 2.74 bits per heavy atom. The molecule has 3 nitrogen and oxygen atoms in total. The van der Waals surface area contributed by atoms with E-state index in [-0.39, 0.29) is 5.60 Å². The fourth-order valence-corrected chi connectivity index (χ4v) is 2.73. The van der Waals surface area contributed by atoms with Crippen molar-refractivity contribution in [1.29, 1.82) is 0 Å². The normalized spacial score (nSPS) is 17.9. The average molecular weight is 283 g/mol. The van der Waals surface area contributed by atoms with Crippen LogP contribution in [0.15, 0.2) is 16.8 Å². The van der Waals surface area contributed by atoms with Crippen molar-refractivity contribution >= 4 is 11.3 Å². The van der Waals surface area contributed by atoms with Crippen LogP contribution in [0.5, 0.6) is 0 Å². The molecule has 4 heteroatoms. The molecule has 0 radical (unpaired) electrons. The first-order valence-electron chi connectivity index (χ1n) is 7.01. The molecule has 2 rings (SSSR count). The first kappa shape index (κ1) is 15.0. The summed E-state index contributed by atoms with van der Waals surface area (Å²) < 4.78 is 5.65. The van der Waals surface area contributed by atoms with Crippen LogP contribution in [-0.4, -0.2) is 40.9 Å². The fourth-order valence-electron chi connectivity index (χ4n) is 2.07. The van der Waals surface area contributed by atoms with Crippen molar-refractivity contribution in [2.75, 3.05) is 13.2 Å². The summed E-state index contributed by atoms with van der Waals surface area (Å²) in [5, 5.41) is 14.4. The largest absolute Gasteiger partial charge is 0.389 e. The molecule has 1 aromatic heterocycles. The number of aliphatic hydroxyl groups excluding tert-OH is 1. The van der Waals surface area contributed by atoms with Crippen LogP contribution in [0.1, 0.15) is 39.2 Å². The van der Waals surface area contributed by atoms with Gasteiger partial charge in [-0.25, -0.2) is 0 Å². The van der Waals surface area contributed by atoms with Gasteiger partial charge in [0.15, 0.2) is 0 Å². The van der Waals surface area contributed by atoms with E-state index in [4.69, 9.17) is 4.74 Å². The highest BCUT2D eigenvalue weighted by Gasteiger charge is 2.30. The van der Waals surface area contributed by atoms with E-state index in [1.165, 1.54) is 18.4 Å². The number of rotatable bonds is 7. The van der Waals surface area contributed by atoms with E-state index in [0.717, 1.165) is 6.54 Å². The van der Waals surface area contributed by atoms with Crippen LogP contribution in [0.2, 0.25) is 0 Å². The van der Waals surface area contributed by atoms with E-state index in [0.29, 0.717) is 19.2 Å². The highest BCUT2D eigenvalue weighted by atomic mass is 32.1. The smallest absolute Gasteiger partial charge is 0.0900 e. The van der Waals surface area contributed by atoms with E-state index in [1.807, 2.05) is 20.8 Å². The quantitative estimate of drug-likeness (QED) is 0.835. The number of thiophene rings is 1. The van der Waals surface area contributed by atoms with E-state index in [2.05, 4.69) is 21.7 Å². The number of hydrogen-bond donors (Lipinski definition) is 1. The molecule has 0 amide bonds. The molecule has 1 fully saturated rings. The Kier molecular flexibility index (Phi) is 5.01. The number of aliphatic hydroxyl groups is 1. The maximum absolute atomic E-state index is 10.1. The van der Waals surface area contributed by atoms with Gasteiger partial charge in [-0.1, -0.05) is 0 Å². The highest BCUT2D eigenvalue weighted by molar-refractivity contribution is 7.07. The van der Waals surface area contributed by atoms with Gasteiger partial charge in [0.1, 0.15) is 0 Å². The molecule has 0 bridgehead atoms. The second-order valence-corrected chi connectivity index (χ2v) is 7.15. The molecule has 1 atom stereocenters. The lowest BCUT2D eigenvalue weighted by Gasteiger charge is -2.27. The Hall–Kier alpha value is -0.420. The zero-order valence-electron chi connectivity index (χ0n) is 12.1. The van der Waals surface area contributed by atoms with Crippen molar-refractivity contribution in [3.63, 3.8) is 0 Å². The van der Waals surface area contributed by atoms with E-state index in [1.54, 1.807) is 11.3 Å². The molecule has 108 valence electrons. The molecule has 1 aliphatic rings. The fraction of sp³-hybridized carbons (Fsp3) is 0.733. The second kappa shape index (κ2) is 6.35. The Balaban J connectivity index is 1.79. The van der Waals surface area contributed by atoms with Crippen LogP contribution in [0.4, 0.5) is 0 Å². The van der Waals surface area contributed by atoms with Gasteiger partial charge >= 0.3 is 0 Å². The number of nitrogens with zero attached hydrogens (tertiary/aromatic N) is 1. The lowest BCUT2D eigenvalue weighted by Crippen LogP contribution is -2.37. The van der Waals surface area contributed by atoms with E-state index in [9.17, 15) is 5.11 Å². The standard InChI is InChI=1S/C15H25NO2S/c1-15(2,3)18-10-14(17)9-16(13-4-5-13)8-12-6-7-19-11-12/h6-7,11,13-14,17H,4-5,8-10H2,1-3H3. The summed E-state index contributed by atoms with van der Waals surface area (Å²) in [6, 6.07) is 2.82. The summed E-state index contributed by atoms with van der Waals surface area (Å²) >= 11 is 1.73. The Morgan fingerprint density at radius 2 is 2.21 bits per heavy atom. The van der Waals surface area contributed by atoms with Gasteiger partial charge in [-0.3, -0.25) is 4.90 Å². The predicted octanol–water partition coefficient (Wildman–Crippen LogP) is 2.89. The third-order valence-electron chi connectivity index (χ3n) is 3.18. The molecule has 1 N–H and O–H groups in total. The number of ether oxygens (including phenoxy) is 1. The van der Waals surface area contributed by atoms with Crippen LogP contribution in [0.3, 0.4) is 0 Å². The molecule has 1 aliphatic carbocycles. The molecule has 1 saturated carbocycles. The lowest BCUT2D eigenvalue weighted by atomic mass is 10.2. The molecule has 1 heterocycles. The van der Waals surface area contributed by atoms with Gasteiger partial charge in [0, 0.05) is 19.1 Å². The molecule has 1 aromatic rings. The number of hydrogen-bond acceptors (Lipinski definition) is 4. The maximum atomic E-state index is 10.1. The van der Waals surface area contributed by atoms with Gasteiger partial charge in [0.05, 0.1) is 18.3 Å². The molecule has 0 aromatic carbocycles. The van der Waals surface area contributed by atoms with Gasteiger partial charge in [0.25, 0.3) is 0 Å². The van der Waals surface area contributed by atoms with Gasteiger partial charge < -0.3 is 9.84 Å². The van der Waals surface area contributed by atoms with Crippen molar-refractivity contribution < 1.29 is 9.84 Å². The third kappa shape index (κ3) is 5.61. The lowest BCUT2D eigenvalue weighted by molar-refractivity contribution is -0.0572. The zero-order chi connectivity index (χ0) is 13.9. The van der Waals surface area contributed by atoms with Crippen LogP contribution in [0.25, 0.3) is 0 Å². The average Bonchev–Trinajstić information content (AvgIpc) is 3.04. The summed E-state index contributed by atoms with van der Waals surface area (Å²) in [5.41, 5.74) is 1.17. The molecule has 19 heavy (non-hydrogen) atoms. The monoisotopic (exact) mass is 283 g/mol. The summed E-state index contributed by atoms with van der Waals surface area (Å²) in [6.07, 6.45) is 2.12. The van der Waals surface area contributed by atoms with Crippen LogP contribution < -0.4 is 0 Å². The van der Waals surface area contributed by atoms with Crippen molar-refractivity contribution in [2.45, 2.75) is 57.9 Å². The second-order valence-electron chi connectivity index (χ2n) is 6.37. The minimum Gasteiger partial charge on any atom is -0.389 e. The van der Waals surface area contributed by atoms with Crippen molar-refractivity contribution in [3.8, 4) is 0 Å². The van der Waals surface area contributed by atoms with E-state index >= 15 is 0 Å². The predicted molar refractivity (Wildman–Crippen MR) is 79.5 cm³/mol. The third-order valence-corrected chi connectivity index (χ3v) is 3.92. The topological polar surface area (TPSA) is 32.7 Å². The maximum Gasteiger partial charge on any atom is 0.0900 e. The molecule has 0 aliphatic heterocycles. The van der Waals surface area contributed by atoms with Crippen molar-refractivity contribution in [1.82, 2.24) is 4.90 Å². The Morgan fingerprint density at radius 1 is 1.47 bits per heavy atom. The van der Waals surface area contributed by atoms with E-state index < -0.39 is 6.10 Å². The zero-order valence-corrected chi connectivity index (χ0v) is 12.9. The summed E-state index contributed by atoms with van der Waals surface area (Å²) in [7, 11) is 0. The summed E-state index contributed by atoms with van der Waals surface area (Å²) in [6.45, 7) is 8.12. The van der Waals surface area contributed by atoms with Gasteiger partial charge in [-0.05, 0) is 56.0 Å². The first-order chi connectivity index (χ1) is 8.94.